The van der Waals surface area contributed by atoms with Crippen LogP contribution in [0.1, 0.15) is 38.5 Å². The van der Waals surface area contributed by atoms with E-state index >= 15 is 0 Å². The third-order valence-electron chi connectivity index (χ3n) is 2.82. The summed E-state index contributed by atoms with van der Waals surface area (Å²) in [6, 6.07) is 0. The lowest BCUT2D eigenvalue weighted by molar-refractivity contribution is 0.614. The van der Waals surface area contributed by atoms with Crippen molar-refractivity contribution in [3.8, 4) is 0 Å². The molecule has 0 aromatic carbocycles. The van der Waals surface area contributed by atoms with Gasteiger partial charge in [0.2, 0.25) is 0 Å². The SMILES string of the molecule is C1=C[C@H](C2=CCCCC2)CC1. The predicted molar refractivity (Wildman–Crippen MR) is 48.4 cm³/mol. The fourth-order valence-corrected chi connectivity index (χ4v) is 2.14. The van der Waals surface area contributed by atoms with Crippen LogP contribution in [0.15, 0.2) is 23.8 Å². The van der Waals surface area contributed by atoms with Gasteiger partial charge in [0.25, 0.3) is 0 Å². The van der Waals surface area contributed by atoms with Crippen LogP contribution in [0.5, 0.6) is 0 Å². The maximum atomic E-state index is 2.48. The van der Waals surface area contributed by atoms with Gasteiger partial charge in [-0.15, -0.1) is 0 Å². The van der Waals surface area contributed by atoms with Gasteiger partial charge in [0.05, 0.1) is 0 Å². The van der Waals surface area contributed by atoms with E-state index in [1.54, 1.807) is 5.57 Å². The Balaban J connectivity index is 2.02. The van der Waals surface area contributed by atoms with Gasteiger partial charge in [-0.25, -0.2) is 0 Å². The van der Waals surface area contributed by atoms with Crippen LogP contribution in [0, 0.1) is 5.92 Å². The van der Waals surface area contributed by atoms with Crippen molar-refractivity contribution in [2.75, 3.05) is 0 Å². The molecule has 0 nitrogen and oxygen atoms in total. The second kappa shape index (κ2) is 3.25. The molecule has 0 aromatic rings. The largest absolute Gasteiger partial charge is 0.0879 e. The first-order chi connectivity index (χ1) is 5.47. The second-order valence-corrected chi connectivity index (χ2v) is 3.64. The van der Waals surface area contributed by atoms with Gasteiger partial charge in [0.1, 0.15) is 0 Å². The molecule has 0 N–H and O–H groups in total. The average Bonchev–Trinajstić information content (AvgIpc) is 2.58. The number of rotatable bonds is 1. The van der Waals surface area contributed by atoms with Crippen molar-refractivity contribution >= 4 is 0 Å². The van der Waals surface area contributed by atoms with E-state index in [0.717, 1.165) is 5.92 Å². The Morgan fingerprint density at radius 3 is 2.82 bits per heavy atom. The van der Waals surface area contributed by atoms with Crippen LogP contribution in [0.4, 0.5) is 0 Å². The maximum absolute atomic E-state index is 2.48. The standard InChI is InChI=1S/C11H16/c1-2-6-10(7-3-1)11-8-4-5-9-11/h4,6,8,11H,1-3,5,7,9H2/t11-/m0/s1. The molecule has 11 heavy (non-hydrogen) atoms. The molecule has 0 unspecified atom stereocenters. The fraction of sp³-hybridized carbons (Fsp3) is 0.636. The zero-order chi connectivity index (χ0) is 7.52. The highest BCUT2D eigenvalue weighted by atomic mass is 14.2. The van der Waals surface area contributed by atoms with E-state index in [-0.39, 0.29) is 0 Å². The number of hydrogen-bond donors (Lipinski definition) is 0. The zero-order valence-corrected chi connectivity index (χ0v) is 7.05. The van der Waals surface area contributed by atoms with Gasteiger partial charge in [-0.1, -0.05) is 23.8 Å². The summed E-state index contributed by atoms with van der Waals surface area (Å²) >= 11 is 0. The summed E-state index contributed by atoms with van der Waals surface area (Å²) in [5, 5.41) is 0. The molecule has 0 saturated heterocycles. The Bertz CT molecular complexity index is 186. The van der Waals surface area contributed by atoms with E-state index in [1.807, 2.05) is 0 Å². The maximum Gasteiger partial charge on any atom is -0.00204 e. The third-order valence-corrected chi connectivity index (χ3v) is 2.82. The average molecular weight is 148 g/mol. The quantitative estimate of drug-likeness (QED) is 0.499. The van der Waals surface area contributed by atoms with Crippen LogP contribution in [0.3, 0.4) is 0 Å². The molecule has 0 aromatic heterocycles. The molecule has 2 aliphatic carbocycles. The zero-order valence-electron chi connectivity index (χ0n) is 7.05. The Hall–Kier alpha value is -0.520. The first kappa shape index (κ1) is 7.15. The van der Waals surface area contributed by atoms with E-state index in [1.165, 1.54) is 38.5 Å². The number of hydrogen-bond acceptors (Lipinski definition) is 0. The Morgan fingerprint density at radius 1 is 1.18 bits per heavy atom. The smallest absolute Gasteiger partial charge is 0.00204 e. The van der Waals surface area contributed by atoms with Crippen molar-refractivity contribution in [2.45, 2.75) is 38.5 Å². The molecule has 0 amide bonds. The monoisotopic (exact) mass is 148 g/mol. The fourth-order valence-electron chi connectivity index (χ4n) is 2.14. The second-order valence-electron chi connectivity index (χ2n) is 3.64. The molecular formula is C11H16. The predicted octanol–water partition coefficient (Wildman–Crippen LogP) is 3.45. The van der Waals surface area contributed by atoms with Crippen molar-refractivity contribution in [3.05, 3.63) is 23.8 Å². The molecule has 0 heteroatoms. The van der Waals surface area contributed by atoms with E-state index in [2.05, 4.69) is 18.2 Å². The van der Waals surface area contributed by atoms with Crippen molar-refractivity contribution in [1.29, 1.82) is 0 Å². The van der Waals surface area contributed by atoms with E-state index < -0.39 is 0 Å². The molecule has 60 valence electrons. The first-order valence-electron chi connectivity index (χ1n) is 4.82. The molecule has 0 saturated carbocycles. The normalized spacial score (nSPS) is 30.5. The third kappa shape index (κ3) is 1.55. The molecule has 1 atom stereocenters. The minimum absolute atomic E-state index is 0.829. The van der Waals surface area contributed by atoms with Gasteiger partial charge in [-0.05, 0) is 44.4 Å². The topological polar surface area (TPSA) is 0 Å². The van der Waals surface area contributed by atoms with Gasteiger partial charge in [-0.2, -0.15) is 0 Å². The lowest BCUT2D eigenvalue weighted by Crippen LogP contribution is -2.01. The lowest BCUT2D eigenvalue weighted by Gasteiger charge is -2.17. The van der Waals surface area contributed by atoms with Gasteiger partial charge in [0, 0.05) is 0 Å². The van der Waals surface area contributed by atoms with Crippen molar-refractivity contribution in [3.63, 3.8) is 0 Å². The summed E-state index contributed by atoms with van der Waals surface area (Å²) in [7, 11) is 0. The minimum atomic E-state index is 0.829. The van der Waals surface area contributed by atoms with Crippen molar-refractivity contribution in [1.82, 2.24) is 0 Å². The molecular weight excluding hydrogens is 132 g/mol. The molecule has 2 aliphatic rings. The highest BCUT2D eigenvalue weighted by Crippen LogP contribution is 2.31. The van der Waals surface area contributed by atoms with E-state index in [9.17, 15) is 0 Å². The summed E-state index contributed by atoms with van der Waals surface area (Å²) in [6.07, 6.45) is 15.4. The van der Waals surface area contributed by atoms with E-state index in [0.29, 0.717) is 0 Å². The van der Waals surface area contributed by atoms with Crippen LogP contribution < -0.4 is 0 Å². The lowest BCUT2D eigenvalue weighted by atomic mass is 9.89. The van der Waals surface area contributed by atoms with Crippen LogP contribution >= 0.6 is 0 Å². The highest BCUT2D eigenvalue weighted by molar-refractivity contribution is 5.18. The van der Waals surface area contributed by atoms with E-state index in [4.69, 9.17) is 0 Å². The first-order valence-corrected chi connectivity index (χ1v) is 4.82. The van der Waals surface area contributed by atoms with Crippen molar-refractivity contribution < 1.29 is 0 Å². The summed E-state index contributed by atoms with van der Waals surface area (Å²) in [4.78, 5) is 0. The summed E-state index contributed by atoms with van der Waals surface area (Å²) in [5.74, 6) is 0.829. The van der Waals surface area contributed by atoms with Gasteiger partial charge < -0.3 is 0 Å². The van der Waals surface area contributed by atoms with Crippen molar-refractivity contribution in [2.24, 2.45) is 5.92 Å². The molecule has 0 spiro atoms. The van der Waals surface area contributed by atoms with Gasteiger partial charge in [0.15, 0.2) is 0 Å². The summed E-state index contributed by atoms with van der Waals surface area (Å²) < 4.78 is 0. The Labute approximate surface area is 69.0 Å². The Morgan fingerprint density at radius 2 is 2.18 bits per heavy atom. The molecule has 0 fully saturated rings. The minimum Gasteiger partial charge on any atom is -0.0879 e. The Kier molecular flexibility index (Phi) is 2.11. The summed E-state index contributed by atoms with van der Waals surface area (Å²) in [6.45, 7) is 0. The van der Waals surface area contributed by atoms with Crippen LogP contribution in [0.25, 0.3) is 0 Å². The number of allylic oxidation sites excluding steroid dienone is 4. The molecule has 0 aliphatic heterocycles. The molecule has 2 rings (SSSR count). The van der Waals surface area contributed by atoms with Crippen LogP contribution in [-0.2, 0) is 0 Å². The molecule has 0 radical (unpaired) electrons. The highest BCUT2D eigenvalue weighted by Gasteiger charge is 2.15. The van der Waals surface area contributed by atoms with Crippen LogP contribution in [0.2, 0.25) is 0 Å². The van der Waals surface area contributed by atoms with Gasteiger partial charge >= 0.3 is 0 Å². The molecule has 0 bridgehead atoms. The van der Waals surface area contributed by atoms with Gasteiger partial charge in [-0.3, -0.25) is 0 Å². The molecule has 0 heterocycles. The summed E-state index contributed by atoms with van der Waals surface area (Å²) in [5.41, 5.74) is 1.73. The van der Waals surface area contributed by atoms with Crippen LogP contribution in [-0.4, -0.2) is 0 Å².